The number of fused-ring (bicyclic) bond motifs is 1. The standard InChI is InChI=1S/C20H23ClN8/c1-12-10-28(13(2)19(26-12)14(7-22)8-23)18-5-6-24-20(27-18)16-9-25-17-4-3-15(21)11-29(16)17/h3-9,11-13,19,22,26H,10,23H2,1-2H3/b14-8+,22-7?. The van der Waals surface area contributed by atoms with Crippen LogP contribution in [0.3, 0.4) is 0 Å². The van der Waals surface area contributed by atoms with Crippen molar-refractivity contribution in [2.75, 3.05) is 11.4 Å². The van der Waals surface area contributed by atoms with Gasteiger partial charge in [0.2, 0.25) is 0 Å². The summed E-state index contributed by atoms with van der Waals surface area (Å²) in [4.78, 5) is 15.9. The van der Waals surface area contributed by atoms with Crippen LogP contribution in [0.2, 0.25) is 5.02 Å². The Balaban J connectivity index is 1.72. The summed E-state index contributed by atoms with van der Waals surface area (Å²) < 4.78 is 1.89. The lowest BCUT2D eigenvalue weighted by atomic mass is 9.96. The van der Waals surface area contributed by atoms with E-state index < -0.39 is 0 Å². The second-order valence-electron chi connectivity index (χ2n) is 7.21. The molecule has 1 fully saturated rings. The molecule has 0 bridgehead atoms. The molecular weight excluding hydrogens is 388 g/mol. The molecule has 3 atom stereocenters. The molecule has 0 radical (unpaired) electrons. The Hall–Kier alpha value is -2.97. The number of imidazole rings is 1. The molecule has 1 saturated heterocycles. The number of nitrogens with one attached hydrogen (secondary N) is 2. The summed E-state index contributed by atoms with van der Waals surface area (Å²) in [5.41, 5.74) is 8.05. The maximum Gasteiger partial charge on any atom is 0.180 e. The number of anilines is 1. The minimum absolute atomic E-state index is 0.0574. The topological polar surface area (TPSA) is 108 Å². The smallest absolute Gasteiger partial charge is 0.180 e. The molecule has 3 unspecified atom stereocenters. The first kappa shape index (κ1) is 19.4. The van der Waals surface area contributed by atoms with Crippen LogP contribution in [0.1, 0.15) is 13.8 Å². The molecule has 1 aliphatic rings. The van der Waals surface area contributed by atoms with Crippen LogP contribution in [-0.2, 0) is 0 Å². The number of nitrogens with zero attached hydrogens (tertiary/aromatic N) is 5. The number of halogens is 1. The van der Waals surface area contributed by atoms with Crippen molar-refractivity contribution in [3.8, 4) is 11.5 Å². The Morgan fingerprint density at radius 2 is 2.14 bits per heavy atom. The third-order valence-corrected chi connectivity index (χ3v) is 5.48. The average Bonchev–Trinajstić information content (AvgIpc) is 3.14. The lowest BCUT2D eigenvalue weighted by Gasteiger charge is -2.44. The van der Waals surface area contributed by atoms with Gasteiger partial charge in [0.05, 0.1) is 17.3 Å². The monoisotopic (exact) mass is 410 g/mol. The molecular formula is C20H23ClN8. The molecule has 0 amide bonds. The molecule has 4 N–H and O–H groups in total. The average molecular weight is 411 g/mol. The van der Waals surface area contributed by atoms with Crippen LogP contribution in [0.5, 0.6) is 0 Å². The largest absolute Gasteiger partial charge is 0.404 e. The molecule has 4 rings (SSSR count). The van der Waals surface area contributed by atoms with Crippen molar-refractivity contribution in [2.24, 2.45) is 5.73 Å². The van der Waals surface area contributed by atoms with Gasteiger partial charge in [0.1, 0.15) is 17.2 Å². The summed E-state index contributed by atoms with van der Waals surface area (Å²) in [5, 5.41) is 11.8. The summed E-state index contributed by atoms with van der Waals surface area (Å²) in [6.07, 6.45) is 8.11. The highest BCUT2D eigenvalue weighted by Gasteiger charge is 2.33. The van der Waals surface area contributed by atoms with Gasteiger partial charge in [-0.1, -0.05) is 11.6 Å². The molecule has 0 aromatic carbocycles. The number of hydrogen-bond donors (Lipinski definition) is 3. The minimum atomic E-state index is -0.0609. The van der Waals surface area contributed by atoms with Crippen LogP contribution in [0.15, 0.2) is 48.6 Å². The van der Waals surface area contributed by atoms with Crippen molar-refractivity contribution in [1.29, 1.82) is 5.41 Å². The third-order valence-electron chi connectivity index (χ3n) is 5.26. The van der Waals surface area contributed by atoms with Gasteiger partial charge in [0.25, 0.3) is 0 Å². The summed E-state index contributed by atoms with van der Waals surface area (Å²) in [6.45, 7) is 4.99. The highest BCUT2D eigenvalue weighted by molar-refractivity contribution is 6.30. The molecule has 8 nitrogen and oxygen atoms in total. The van der Waals surface area contributed by atoms with Crippen LogP contribution >= 0.6 is 11.6 Å². The first-order chi connectivity index (χ1) is 14.0. The van der Waals surface area contributed by atoms with Crippen molar-refractivity contribution < 1.29 is 0 Å². The Labute approximate surface area is 173 Å². The predicted molar refractivity (Wildman–Crippen MR) is 115 cm³/mol. The van der Waals surface area contributed by atoms with E-state index in [9.17, 15) is 0 Å². The highest BCUT2D eigenvalue weighted by Crippen LogP contribution is 2.26. The fourth-order valence-electron chi connectivity index (χ4n) is 3.81. The summed E-state index contributed by atoms with van der Waals surface area (Å²) >= 11 is 6.16. The number of hydrogen-bond acceptors (Lipinski definition) is 7. The van der Waals surface area contributed by atoms with E-state index in [1.54, 1.807) is 18.5 Å². The second-order valence-corrected chi connectivity index (χ2v) is 7.64. The molecule has 0 saturated carbocycles. The van der Waals surface area contributed by atoms with E-state index in [0.29, 0.717) is 10.8 Å². The molecule has 0 aliphatic carbocycles. The normalized spacial score (nSPS) is 22.8. The van der Waals surface area contributed by atoms with Crippen molar-refractivity contribution >= 4 is 29.3 Å². The zero-order chi connectivity index (χ0) is 20.5. The molecule has 3 aromatic heterocycles. The molecule has 1 aliphatic heterocycles. The van der Waals surface area contributed by atoms with Crippen molar-refractivity contribution in [3.05, 3.63) is 53.6 Å². The van der Waals surface area contributed by atoms with Crippen LogP contribution in [0, 0.1) is 5.41 Å². The second kappa shape index (κ2) is 7.81. The van der Waals surface area contributed by atoms with E-state index in [1.165, 1.54) is 12.4 Å². The van der Waals surface area contributed by atoms with Gasteiger partial charge >= 0.3 is 0 Å². The number of pyridine rings is 1. The SMILES string of the molecule is CC1CN(c2ccnc(-c3cnc4ccc(Cl)cn34)n2)C(C)C(/C(C=N)=C/N)N1. The molecule has 0 spiro atoms. The van der Waals surface area contributed by atoms with Crippen LogP contribution in [-0.4, -0.2) is 50.2 Å². The predicted octanol–water partition coefficient (Wildman–Crippen LogP) is 2.49. The van der Waals surface area contributed by atoms with Gasteiger partial charge in [-0.15, -0.1) is 0 Å². The van der Waals surface area contributed by atoms with Gasteiger partial charge in [0.15, 0.2) is 5.82 Å². The Morgan fingerprint density at radius 3 is 2.90 bits per heavy atom. The maximum absolute atomic E-state index is 7.67. The lowest BCUT2D eigenvalue weighted by molar-refractivity contribution is 0.363. The van der Waals surface area contributed by atoms with Gasteiger partial charge in [-0.25, -0.2) is 15.0 Å². The van der Waals surface area contributed by atoms with Gasteiger partial charge in [-0.05, 0) is 32.0 Å². The lowest BCUT2D eigenvalue weighted by Crippen LogP contribution is -2.61. The van der Waals surface area contributed by atoms with Crippen molar-refractivity contribution in [2.45, 2.75) is 32.0 Å². The van der Waals surface area contributed by atoms with E-state index in [-0.39, 0.29) is 18.1 Å². The number of nitrogens with two attached hydrogens (primary N) is 1. The Kier molecular flexibility index (Phi) is 5.21. The molecule has 150 valence electrons. The Bertz CT molecular complexity index is 1080. The van der Waals surface area contributed by atoms with Crippen LogP contribution < -0.4 is 16.0 Å². The molecule has 9 heteroatoms. The fourth-order valence-corrected chi connectivity index (χ4v) is 3.97. The van der Waals surface area contributed by atoms with Gasteiger partial charge in [-0.3, -0.25) is 4.40 Å². The summed E-state index contributed by atoms with van der Waals surface area (Å²) in [7, 11) is 0. The van der Waals surface area contributed by atoms with E-state index in [2.05, 4.69) is 34.0 Å². The minimum Gasteiger partial charge on any atom is -0.404 e. The quantitative estimate of drug-likeness (QED) is 0.570. The van der Waals surface area contributed by atoms with E-state index in [0.717, 1.165) is 29.3 Å². The fraction of sp³-hybridized carbons (Fsp3) is 0.300. The summed E-state index contributed by atoms with van der Waals surface area (Å²) in [5.74, 6) is 1.40. The third kappa shape index (κ3) is 3.56. The van der Waals surface area contributed by atoms with E-state index in [4.69, 9.17) is 27.7 Å². The van der Waals surface area contributed by atoms with Crippen molar-refractivity contribution in [1.82, 2.24) is 24.7 Å². The van der Waals surface area contributed by atoms with E-state index >= 15 is 0 Å². The molecule has 3 aromatic rings. The molecule has 4 heterocycles. The summed E-state index contributed by atoms with van der Waals surface area (Å²) in [6, 6.07) is 5.77. The van der Waals surface area contributed by atoms with E-state index in [1.807, 2.05) is 22.7 Å². The van der Waals surface area contributed by atoms with Gasteiger partial charge < -0.3 is 21.4 Å². The zero-order valence-electron chi connectivity index (χ0n) is 16.2. The van der Waals surface area contributed by atoms with Crippen LogP contribution in [0.4, 0.5) is 5.82 Å². The zero-order valence-corrected chi connectivity index (χ0v) is 17.0. The van der Waals surface area contributed by atoms with Gasteiger partial charge in [-0.2, -0.15) is 0 Å². The highest BCUT2D eigenvalue weighted by atomic mass is 35.5. The first-order valence-electron chi connectivity index (χ1n) is 9.42. The maximum atomic E-state index is 7.67. The number of piperazine rings is 1. The van der Waals surface area contributed by atoms with Crippen LogP contribution in [0.25, 0.3) is 17.2 Å². The Morgan fingerprint density at radius 1 is 1.31 bits per heavy atom. The number of rotatable bonds is 4. The molecule has 29 heavy (non-hydrogen) atoms. The first-order valence-corrected chi connectivity index (χ1v) is 9.80. The van der Waals surface area contributed by atoms with Crippen molar-refractivity contribution in [3.63, 3.8) is 0 Å². The number of aromatic nitrogens is 4. The van der Waals surface area contributed by atoms with Gasteiger partial charge in [0, 0.05) is 49.0 Å².